The largest absolute Gasteiger partial charge is 0.481 e. The molecule has 0 spiro atoms. The molecule has 24 heavy (non-hydrogen) atoms. The van der Waals surface area contributed by atoms with Gasteiger partial charge in [0.05, 0.1) is 18.2 Å². The molecule has 1 heterocycles. The summed E-state index contributed by atoms with van der Waals surface area (Å²) >= 11 is 0. The number of aliphatic carboxylic acids is 1. The van der Waals surface area contributed by atoms with Crippen molar-refractivity contribution in [2.75, 3.05) is 5.32 Å². The van der Waals surface area contributed by atoms with Crippen LogP contribution in [0.25, 0.3) is 0 Å². The van der Waals surface area contributed by atoms with Crippen LogP contribution in [0.2, 0.25) is 0 Å². The van der Waals surface area contributed by atoms with Gasteiger partial charge in [0.2, 0.25) is 5.91 Å². The molecule has 2 rings (SSSR count). The van der Waals surface area contributed by atoms with E-state index in [1.165, 1.54) is 12.1 Å². The van der Waals surface area contributed by atoms with Gasteiger partial charge >= 0.3 is 5.97 Å². The summed E-state index contributed by atoms with van der Waals surface area (Å²) in [5.74, 6) is -2.02. The standard InChI is InChI=1S/C17H20FN3O3/c1-10-6-11(2)21(20-10)12(3)7-16(22)19-14-5-4-13(8-17(23)24)15(18)9-14/h4-6,9,12H,7-8H2,1-3H3,(H,19,22)(H,23,24). The number of nitrogens with one attached hydrogen (secondary N) is 1. The molecule has 0 saturated heterocycles. The van der Waals surface area contributed by atoms with E-state index in [0.29, 0.717) is 5.69 Å². The first kappa shape index (κ1) is 17.7. The third kappa shape index (κ3) is 4.41. The Morgan fingerprint density at radius 3 is 2.58 bits per heavy atom. The zero-order valence-electron chi connectivity index (χ0n) is 13.8. The normalized spacial score (nSPS) is 12.0. The van der Waals surface area contributed by atoms with Crippen LogP contribution in [-0.2, 0) is 16.0 Å². The van der Waals surface area contributed by atoms with Gasteiger partial charge in [0.1, 0.15) is 5.82 Å². The summed E-state index contributed by atoms with van der Waals surface area (Å²) in [6.07, 6.45) is -0.199. The number of carbonyl (C=O) groups is 2. The van der Waals surface area contributed by atoms with Crippen molar-refractivity contribution >= 4 is 17.6 Å². The van der Waals surface area contributed by atoms with Crippen LogP contribution in [0.15, 0.2) is 24.3 Å². The van der Waals surface area contributed by atoms with Crippen LogP contribution in [0.1, 0.15) is 36.3 Å². The van der Waals surface area contributed by atoms with Crippen LogP contribution >= 0.6 is 0 Å². The molecule has 0 fully saturated rings. The highest BCUT2D eigenvalue weighted by Crippen LogP contribution is 2.18. The van der Waals surface area contributed by atoms with Crippen molar-refractivity contribution in [3.05, 3.63) is 47.0 Å². The third-order valence-electron chi connectivity index (χ3n) is 3.62. The predicted molar refractivity (Wildman–Crippen MR) is 87.4 cm³/mol. The topological polar surface area (TPSA) is 84.2 Å². The molecular weight excluding hydrogens is 313 g/mol. The van der Waals surface area contributed by atoms with Crippen LogP contribution in [0.4, 0.5) is 10.1 Å². The molecule has 1 atom stereocenters. The van der Waals surface area contributed by atoms with Gasteiger partial charge in [0, 0.05) is 17.8 Å². The number of halogens is 1. The van der Waals surface area contributed by atoms with Crippen molar-refractivity contribution in [1.82, 2.24) is 9.78 Å². The fraction of sp³-hybridized carbons (Fsp3) is 0.353. The summed E-state index contributed by atoms with van der Waals surface area (Å²) in [5.41, 5.74) is 2.23. The molecule has 0 bridgehead atoms. The number of hydrogen-bond donors (Lipinski definition) is 2. The Morgan fingerprint density at radius 1 is 1.33 bits per heavy atom. The van der Waals surface area contributed by atoms with Gasteiger partial charge in [-0.05, 0) is 44.5 Å². The van der Waals surface area contributed by atoms with Gasteiger partial charge in [-0.15, -0.1) is 0 Å². The number of rotatable bonds is 6. The maximum Gasteiger partial charge on any atom is 0.307 e. The summed E-state index contributed by atoms with van der Waals surface area (Å²) in [7, 11) is 0. The van der Waals surface area contributed by atoms with Crippen molar-refractivity contribution in [3.63, 3.8) is 0 Å². The van der Waals surface area contributed by atoms with Gasteiger partial charge in [0.15, 0.2) is 0 Å². The Hall–Kier alpha value is -2.70. The van der Waals surface area contributed by atoms with Gasteiger partial charge in [-0.25, -0.2) is 4.39 Å². The van der Waals surface area contributed by atoms with Crippen LogP contribution in [0, 0.1) is 19.7 Å². The van der Waals surface area contributed by atoms with Crippen LogP contribution in [0.5, 0.6) is 0 Å². The number of benzene rings is 1. The fourth-order valence-electron chi connectivity index (χ4n) is 2.59. The number of hydrogen-bond acceptors (Lipinski definition) is 3. The number of carbonyl (C=O) groups excluding carboxylic acids is 1. The van der Waals surface area contributed by atoms with E-state index in [-0.39, 0.29) is 23.9 Å². The van der Waals surface area contributed by atoms with E-state index in [4.69, 9.17) is 5.11 Å². The molecular formula is C17H20FN3O3. The summed E-state index contributed by atoms with van der Waals surface area (Å²) in [5, 5.41) is 15.7. The number of carboxylic acid groups (broad SMARTS) is 1. The number of aryl methyl sites for hydroxylation is 2. The van der Waals surface area contributed by atoms with Gasteiger partial charge in [0.25, 0.3) is 0 Å². The highest BCUT2D eigenvalue weighted by atomic mass is 19.1. The van der Waals surface area contributed by atoms with Gasteiger partial charge in [-0.3, -0.25) is 14.3 Å². The highest BCUT2D eigenvalue weighted by molar-refractivity contribution is 5.91. The Balaban J connectivity index is 2.00. The molecule has 0 radical (unpaired) electrons. The Bertz CT molecular complexity index is 770. The van der Waals surface area contributed by atoms with E-state index in [1.54, 1.807) is 4.68 Å². The average Bonchev–Trinajstić information content (AvgIpc) is 2.80. The monoisotopic (exact) mass is 333 g/mol. The Morgan fingerprint density at radius 2 is 2.04 bits per heavy atom. The number of carboxylic acids is 1. The second kappa shape index (κ2) is 7.25. The van der Waals surface area contributed by atoms with Gasteiger partial charge < -0.3 is 10.4 Å². The van der Waals surface area contributed by atoms with Crippen LogP contribution in [-0.4, -0.2) is 26.8 Å². The molecule has 2 N–H and O–H groups in total. The molecule has 1 aromatic heterocycles. The maximum absolute atomic E-state index is 13.8. The molecule has 0 aliphatic heterocycles. The first-order chi connectivity index (χ1) is 11.3. The summed E-state index contributed by atoms with van der Waals surface area (Å²) in [6.45, 7) is 5.69. The first-order valence-corrected chi connectivity index (χ1v) is 7.59. The lowest BCUT2D eigenvalue weighted by atomic mass is 10.1. The number of aromatic nitrogens is 2. The summed E-state index contributed by atoms with van der Waals surface area (Å²) in [4.78, 5) is 22.7. The van der Waals surface area contributed by atoms with Crippen molar-refractivity contribution in [2.24, 2.45) is 0 Å². The molecule has 0 aliphatic rings. The maximum atomic E-state index is 13.8. The molecule has 6 nitrogen and oxygen atoms in total. The first-order valence-electron chi connectivity index (χ1n) is 7.59. The van der Waals surface area contributed by atoms with Crippen molar-refractivity contribution in [3.8, 4) is 0 Å². The van der Waals surface area contributed by atoms with E-state index in [1.807, 2.05) is 26.8 Å². The minimum atomic E-state index is -1.11. The summed E-state index contributed by atoms with van der Waals surface area (Å²) in [6, 6.07) is 5.79. The lowest BCUT2D eigenvalue weighted by molar-refractivity contribution is -0.136. The van der Waals surface area contributed by atoms with Crippen molar-refractivity contribution in [2.45, 2.75) is 39.7 Å². The Kier molecular flexibility index (Phi) is 5.33. The molecule has 2 aromatic rings. The third-order valence-corrected chi connectivity index (χ3v) is 3.62. The minimum absolute atomic E-state index is 0.0801. The molecule has 1 aromatic carbocycles. The number of amides is 1. The molecule has 0 aliphatic carbocycles. The predicted octanol–water partition coefficient (Wildman–Crippen LogP) is 2.86. The lowest BCUT2D eigenvalue weighted by Gasteiger charge is -2.14. The molecule has 128 valence electrons. The fourth-order valence-corrected chi connectivity index (χ4v) is 2.59. The van der Waals surface area contributed by atoms with Gasteiger partial charge in [-0.1, -0.05) is 6.07 Å². The highest BCUT2D eigenvalue weighted by Gasteiger charge is 2.15. The smallest absolute Gasteiger partial charge is 0.307 e. The molecule has 7 heteroatoms. The lowest BCUT2D eigenvalue weighted by Crippen LogP contribution is -2.19. The molecule has 0 saturated carbocycles. The number of nitrogens with zero attached hydrogens (tertiary/aromatic N) is 2. The summed E-state index contributed by atoms with van der Waals surface area (Å²) < 4.78 is 15.6. The van der Waals surface area contributed by atoms with Crippen molar-refractivity contribution < 1.29 is 19.1 Å². The minimum Gasteiger partial charge on any atom is -0.481 e. The zero-order chi connectivity index (χ0) is 17.9. The second-order valence-corrected chi connectivity index (χ2v) is 5.85. The van der Waals surface area contributed by atoms with Crippen LogP contribution in [0.3, 0.4) is 0 Å². The van der Waals surface area contributed by atoms with E-state index in [2.05, 4.69) is 10.4 Å². The SMILES string of the molecule is Cc1cc(C)n(C(C)CC(=O)Nc2ccc(CC(=O)O)c(F)c2)n1. The van der Waals surface area contributed by atoms with Crippen LogP contribution < -0.4 is 5.32 Å². The average molecular weight is 333 g/mol. The van der Waals surface area contributed by atoms with E-state index >= 15 is 0 Å². The van der Waals surface area contributed by atoms with E-state index < -0.39 is 18.2 Å². The quantitative estimate of drug-likeness (QED) is 0.851. The van der Waals surface area contributed by atoms with Gasteiger partial charge in [-0.2, -0.15) is 5.10 Å². The van der Waals surface area contributed by atoms with Crippen molar-refractivity contribution in [1.29, 1.82) is 0 Å². The Labute approximate surface area is 139 Å². The molecule has 1 unspecified atom stereocenters. The van der Waals surface area contributed by atoms with E-state index in [0.717, 1.165) is 17.5 Å². The zero-order valence-corrected chi connectivity index (χ0v) is 13.8. The second-order valence-electron chi connectivity index (χ2n) is 5.85. The molecule has 1 amide bonds. The number of anilines is 1. The van der Waals surface area contributed by atoms with E-state index in [9.17, 15) is 14.0 Å².